The second-order valence-corrected chi connectivity index (χ2v) is 6.27. The molecule has 0 saturated carbocycles. The number of ether oxygens (including phenoxy) is 1. The molecule has 1 aromatic rings. The van der Waals surface area contributed by atoms with Crippen LogP contribution >= 0.6 is 11.8 Å². The van der Waals surface area contributed by atoms with Crippen molar-refractivity contribution in [2.45, 2.75) is 50.2 Å². The first kappa shape index (κ1) is 16.5. The van der Waals surface area contributed by atoms with Crippen molar-refractivity contribution in [3.8, 4) is 0 Å². The lowest BCUT2D eigenvalue weighted by molar-refractivity contribution is 0.0117. The summed E-state index contributed by atoms with van der Waals surface area (Å²) in [5.41, 5.74) is 1.32. The molecule has 0 radical (unpaired) electrons. The summed E-state index contributed by atoms with van der Waals surface area (Å²) in [6.45, 7) is 7.44. The van der Waals surface area contributed by atoms with E-state index < -0.39 is 0 Å². The van der Waals surface area contributed by atoms with Gasteiger partial charge in [-0.25, -0.2) is 0 Å². The van der Waals surface area contributed by atoms with Crippen molar-refractivity contribution < 1.29 is 4.74 Å². The van der Waals surface area contributed by atoms with Crippen LogP contribution in [0.5, 0.6) is 0 Å². The number of nitrogens with one attached hydrogen (secondary N) is 1. The molecular weight excluding hydrogens is 254 g/mol. The normalized spacial score (nSPS) is 13.5. The molecule has 0 aliphatic heterocycles. The van der Waals surface area contributed by atoms with Gasteiger partial charge in [0.15, 0.2) is 0 Å². The SMILES string of the molecule is CCNC(CCC(C)(C)OC)c1ccc(SC)cc1. The molecule has 0 heterocycles. The van der Waals surface area contributed by atoms with Crippen molar-refractivity contribution in [1.29, 1.82) is 0 Å². The zero-order valence-corrected chi connectivity index (χ0v) is 13.6. The Morgan fingerprint density at radius 1 is 1.26 bits per heavy atom. The predicted octanol–water partition coefficient (Wildman–Crippen LogP) is 4.26. The van der Waals surface area contributed by atoms with Gasteiger partial charge in [0.25, 0.3) is 0 Å². The van der Waals surface area contributed by atoms with E-state index >= 15 is 0 Å². The molecule has 2 nitrogen and oxygen atoms in total. The second kappa shape index (κ2) is 7.93. The molecule has 0 spiro atoms. The van der Waals surface area contributed by atoms with E-state index in [1.807, 2.05) is 0 Å². The van der Waals surface area contributed by atoms with Gasteiger partial charge in [0.1, 0.15) is 0 Å². The fourth-order valence-electron chi connectivity index (χ4n) is 2.06. The Labute approximate surface area is 122 Å². The number of hydrogen-bond donors (Lipinski definition) is 1. The highest BCUT2D eigenvalue weighted by Gasteiger charge is 2.19. The number of rotatable bonds is 8. The average Bonchev–Trinajstić information content (AvgIpc) is 2.43. The van der Waals surface area contributed by atoms with Crippen LogP contribution in [-0.2, 0) is 4.74 Å². The molecule has 1 atom stereocenters. The van der Waals surface area contributed by atoms with E-state index in [1.165, 1.54) is 10.5 Å². The lowest BCUT2D eigenvalue weighted by Gasteiger charge is -2.26. The lowest BCUT2D eigenvalue weighted by atomic mass is 9.95. The molecule has 0 aliphatic rings. The Kier molecular flexibility index (Phi) is 6.90. The molecule has 19 heavy (non-hydrogen) atoms. The maximum absolute atomic E-state index is 5.51. The van der Waals surface area contributed by atoms with Crippen molar-refractivity contribution >= 4 is 11.8 Å². The molecule has 0 aliphatic carbocycles. The Morgan fingerprint density at radius 3 is 2.37 bits per heavy atom. The molecule has 3 heteroatoms. The van der Waals surface area contributed by atoms with E-state index in [0.29, 0.717) is 6.04 Å². The number of thioether (sulfide) groups is 1. The zero-order chi connectivity index (χ0) is 14.3. The molecular formula is C16H27NOS. The fourth-order valence-corrected chi connectivity index (χ4v) is 2.47. The summed E-state index contributed by atoms with van der Waals surface area (Å²) in [7, 11) is 1.79. The van der Waals surface area contributed by atoms with E-state index in [-0.39, 0.29) is 5.60 Å². The maximum atomic E-state index is 5.51. The molecule has 1 N–H and O–H groups in total. The van der Waals surface area contributed by atoms with Gasteiger partial charge in [0, 0.05) is 18.0 Å². The van der Waals surface area contributed by atoms with Gasteiger partial charge in [-0.1, -0.05) is 19.1 Å². The van der Waals surface area contributed by atoms with Crippen molar-refractivity contribution in [3.05, 3.63) is 29.8 Å². The minimum absolute atomic E-state index is 0.0487. The first-order valence-electron chi connectivity index (χ1n) is 6.95. The molecule has 0 amide bonds. The van der Waals surface area contributed by atoms with Gasteiger partial charge in [-0.05, 0) is 57.2 Å². The van der Waals surface area contributed by atoms with Crippen LogP contribution in [0.25, 0.3) is 0 Å². The smallest absolute Gasteiger partial charge is 0.0623 e. The Balaban J connectivity index is 2.70. The van der Waals surface area contributed by atoms with Crippen LogP contribution < -0.4 is 5.32 Å². The van der Waals surface area contributed by atoms with E-state index in [9.17, 15) is 0 Å². The molecule has 0 fully saturated rings. The average molecular weight is 281 g/mol. The molecule has 0 aromatic heterocycles. The molecule has 0 bridgehead atoms. The van der Waals surface area contributed by atoms with Crippen molar-refractivity contribution in [3.63, 3.8) is 0 Å². The number of hydrogen-bond acceptors (Lipinski definition) is 3. The minimum Gasteiger partial charge on any atom is -0.379 e. The van der Waals surface area contributed by atoms with Crippen molar-refractivity contribution in [1.82, 2.24) is 5.32 Å². The van der Waals surface area contributed by atoms with E-state index in [4.69, 9.17) is 4.74 Å². The standard InChI is InChI=1S/C16H27NOS/c1-6-17-15(11-12-16(2,3)18-4)13-7-9-14(19-5)10-8-13/h7-10,15,17H,6,11-12H2,1-5H3. The van der Waals surface area contributed by atoms with Crippen LogP contribution in [0.3, 0.4) is 0 Å². The zero-order valence-electron chi connectivity index (χ0n) is 12.8. The van der Waals surface area contributed by atoms with Crippen LogP contribution in [-0.4, -0.2) is 25.5 Å². The van der Waals surface area contributed by atoms with E-state index in [2.05, 4.69) is 56.6 Å². The van der Waals surface area contributed by atoms with Crippen molar-refractivity contribution in [2.24, 2.45) is 0 Å². The highest BCUT2D eigenvalue weighted by atomic mass is 32.2. The summed E-state index contributed by atoms with van der Waals surface area (Å²) < 4.78 is 5.51. The fraction of sp³-hybridized carbons (Fsp3) is 0.625. The maximum Gasteiger partial charge on any atom is 0.0623 e. The van der Waals surface area contributed by atoms with Gasteiger partial charge in [-0.15, -0.1) is 11.8 Å². The molecule has 1 unspecified atom stereocenters. The number of benzene rings is 1. The molecule has 1 rings (SSSR count). The van der Waals surface area contributed by atoms with Gasteiger partial charge < -0.3 is 10.1 Å². The van der Waals surface area contributed by atoms with Crippen LogP contribution in [0.15, 0.2) is 29.2 Å². The Hall–Kier alpha value is -0.510. The molecule has 108 valence electrons. The van der Waals surface area contributed by atoms with Gasteiger partial charge in [-0.3, -0.25) is 0 Å². The van der Waals surface area contributed by atoms with Crippen LogP contribution in [0.1, 0.15) is 45.2 Å². The van der Waals surface area contributed by atoms with Gasteiger partial charge >= 0.3 is 0 Å². The Morgan fingerprint density at radius 2 is 1.89 bits per heavy atom. The summed E-state index contributed by atoms with van der Waals surface area (Å²) in [4.78, 5) is 1.32. The Bertz CT molecular complexity index is 362. The predicted molar refractivity (Wildman–Crippen MR) is 85.0 cm³/mol. The van der Waals surface area contributed by atoms with E-state index in [0.717, 1.165) is 19.4 Å². The summed E-state index contributed by atoms with van der Waals surface area (Å²) in [6.07, 6.45) is 4.25. The largest absolute Gasteiger partial charge is 0.379 e. The summed E-state index contributed by atoms with van der Waals surface area (Å²) in [6, 6.07) is 9.28. The summed E-state index contributed by atoms with van der Waals surface area (Å²) in [5.74, 6) is 0. The van der Waals surface area contributed by atoms with Gasteiger partial charge in [0.05, 0.1) is 5.60 Å². The van der Waals surface area contributed by atoms with E-state index in [1.54, 1.807) is 18.9 Å². The van der Waals surface area contributed by atoms with Gasteiger partial charge in [-0.2, -0.15) is 0 Å². The number of methoxy groups -OCH3 is 1. The highest BCUT2D eigenvalue weighted by molar-refractivity contribution is 7.98. The van der Waals surface area contributed by atoms with Crippen LogP contribution in [0, 0.1) is 0 Å². The molecule has 1 aromatic carbocycles. The van der Waals surface area contributed by atoms with Crippen LogP contribution in [0.2, 0.25) is 0 Å². The third-order valence-electron chi connectivity index (χ3n) is 3.56. The topological polar surface area (TPSA) is 21.3 Å². The van der Waals surface area contributed by atoms with Crippen LogP contribution in [0.4, 0.5) is 0 Å². The minimum atomic E-state index is -0.0487. The highest BCUT2D eigenvalue weighted by Crippen LogP contribution is 2.26. The summed E-state index contributed by atoms with van der Waals surface area (Å²) >= 11 is 1.78. The third-order valence-corrected chi connectivity index (χ3v) is 4.30. The quantitative estimate of drug-likeness (QED) is 0.719. The molecule has 0 saturated heterocycles. The lowest BCUT2D eigenvalue weighted by Crippen LogP contribution is -2.27. The van der Waals surface area contributed by atoms with Gasteiger partial charge in [0.2, 0.25) is 0 Å². The first-order chi connectivity index (χ1) is 9.02. The summed E-state index contributed by atoms with van der Waals surface area (Å²) in [5, 5.41) is 3.57. The monoisotopic (exact) mass is 281 g/mol. The van der Waals surface area contributed by atoms with Crippen molar-refractivity contribution in [2.75, 3.05) is 19.9 Å². The third kappa shape index (κ3) is 5.55. The second-order valence-electron chi connectivity index (χ2n) is 5.39. The first-order valence-corrected chi connectivity index (χ1v) is 8.17.